The van der Waals surface area contributed by atoms with Crippen LogP contribution in [0.15, 0.2) is 11.1 Å². The molecule has 1 aliphatic rings. The molecule has 3 N–H and O–H groups in total. The van der Waals surface area contributed by atoms with Gasteiger partial charge in [-0.25, -0.2) is 0 Å². The van der Waals surface area contributed by atoms with Gasteiger partial charge in [0.1, 0.15) is 0 Å². The van der Waals surface area contributed by atoms with E-state index in [0.29, 0.717) is 12.3 Å². The Bertz CT molecular complexity index is 171. The fourth-order valence-electron chi connectivity index (χ4n) is 0.474. The normalized spacial score (nSPS) is 16.4. The van der Waals surface area contributed by atoms with E-state index in [-0.39, 0.29) is 25.3 Å². The Hall–Kier alpha value is -0.497. The number of amidine groups is 2. The molecule has 0 bridgehead atoms. The molecule has 0 aliphatic carbocycles. The van der Waals surface area contributed by atoms with Crippen LogP contribution in [0.4, 0.5) is 0 Å². The number of rotatable bonds is 0. The van der Waals surface area contributed by atoms with E-state index in [0.717, 1.165) is 0 Å². The minimum Gasteiger partial charge on any atom is -0.430 e. The predicted molar refractivity (Wildman–Crippen MR) is 31.8 cm³/mol. The first kappa shape index (κ1) is 8.50. The SMILES string of the molecule is N=C1[C-]=CCC(N)=N1.[Rh]. The fourth-order valence-corrected chi connectivity index (χ4v) is 0.474. The zero-order valence-corrected chi connectivity index (χ0v) is 6.28. The van der Waals surface area contributed by atoms with Gasteiger partial charge in [-0.15, -0.1) is 0 Å². The molecule has 0 fully saturated rings. The van der Waals surface area contributed by atoms with Crippen molar-refractivity contribution in [2.75, 3.05) is 0 Å². The van der Waals surface area contributed by atoms with Crippen LogP contribution >= 0.6 is 0 Å². The summed E-state index contributed by atoms with van der Waals surface area (Å²) >= 11 is 0. The molecule has 4 heteroatoms. The molecule has 1 rings (SSSR count). The van der Waals surface area contributed by atoms with Crippen molar-refractivity contribution in [2.45, 2.75) is 6.42 Å². The summed E-state index contributed by atoms with van der Waals surface area (Å²) in [5.41, 5.74) is 5.26. The first-order valence-corrected chi connectivity index (χ1v) is 2.29. The maximum atomic E-state index is 6.91. The maximum Gasteiger partial charge on any atom is 0.0988 e. The van der Waals surface area contributed by atoms with Gasteiger partial charge in [0.2, 0.25) is 0 Å². The average molecular weight is 211 g/mol. The zero-order chi connectivity index (χ0) is 5.98. The van der Waals surface area contributed by atoms with Crippen LogP contribution in [0, 0.1) is 11.5 Å². The fraction of sp³-hybridized carbons (Fsp3) is 0.200. The molecule has 1 aliphatic heterocycles. The number of aliphatic imine (C=N–C) groups is 1. The summed E-state index contributed by atoms with van der Waals surface area (Å²) < 4.78 is 0. The van der Waals surface area contributed by atoms with Crippen LogP contribution in [0.2, 0.25) is 0 Å². The molecule has 0 saturated heterocycles. The Morgan fingerprint density at radius 3 is 2.78 bits per heavy atom. The van der Waals surface area contributed by atoms with Gasteiger partial charge in [0.05, 0.1) is 5.84 Å². The van der Waals surface area contributed by atoms with Crippen molar-refractivity contribution in [1.29, 1.82) is 5.41 Å². The first-order chi connectivity index (χ1) is 3.79. The van der Waals surface area contributed by atoms with Crippen LogP contribution in [0.5, 0.6) is 0 Å². The number of nitrogens with one attached hydrogen (secondary N) is 1. The topological polar surface area (TPSA) is 62.2 Å². The molecule has 3 nitrogen and oxygen atoms in total. The van der Waals surface area contributed by atoms with Crippen molar-refractivity contribution < 1.29 is 19.5 Å². The van der Waals surface area contributed by atoms with Crippen molar-refractivity contribution in [2.24, 2.45) is 10.7 Å². The van der Waals surface area contributed by atoms with Gasteiger partial charge in [0.25, 0.3) is 0 Å². The summed E-state index contributed by atoms with van der Waals surface area (Å²) in [6.45, 7) is 0. The van der Waals surface area contributed by atoms with Crippen LogP contribution < -0.4 is 5.73 Å². The summed E-state index contributed by atoms with van der Waals surface area (Å²) in [5.74, 6) is 0.613. The minimum atomic E-state index is 0. The molecule has 0 aromatic carbocycles. The second-order valence-electron chi connectivity index (χ2n) is 1.50. The molecular weight excluding hydrogens is 205 g/mol. The molecule has 1 heterocycles. The predicted octanol–water partition coefficient (Wildman–Crippen LogP) is 0.0815. The standard InChI is InChI=1S/C5H6N3.Rh/c6-4-2-1-3-5(7)8-4;/h1H,2H2,(H3,6,7,8);/q-1;. The van der Waals surface area contributed by atoms with Crippen molar-refractivity contribution in [1.82, 2.24) is 0 Å². The molecule has 0 atom stereocenters. The third-order valence-electron chi connectivity index (χ3n) is 0.805. The van der Waals surface area contributed by atoms with Crippen LogP contribution in [0.3, 0.4) is 0 Å². The van der Waals surface area contributed by atoms with Gasteiger partial charge >= 0.3 is 0 Å². The Morgan fingerprint density at radius 1 is 1.78 bits per heavy atom. The molecule has 0 aromatic heterocycles. The molecular formula is C5H6N3Rh-. The van der Waals surface area contributed by atoms with E-state index >= 15 is 0 Å². The van der Waals surface area contributed by atoms with Gasteiger partial charge in [-0.3, -0.25) is 11.1 Å². The van der Waals surface area contributed by atoms with E-state index in [1.807, 2.05) is 0 Å². The monoisotopic (exact) mass is 211 g/mol. The average Bonchev–Trinajstić information content (AvgIpc) is 1.64. The number of hydrogen-bond donors (Lipinski definition) is 2. The van der Waals surface area contributed by atoms with Crippen LogP contribution in [-0.4, -0.2) is 11.7 Å². The van der Waals surface area contributed by atoms with Crippen LogP contribution in [0.1, 0.15) is 6.42 Å². The molecule has 1 radical (unpaired) electrons. The summed E-state index contributed by atoms with van der Waals surface area (Å²) in [4.78, 5) is 3.62. The Morgan fingerprint density at radius 2 is 2.44 bits per heavy atom. The first-order valence-electron chi connectivity index (χ1n) is 2.29. The van der Waals surface area contributed by atoms with Gasteiger partial charge in [0.15, 0.2) is 0 Å². The van der Waals surface area contributed by atoms with E-state index in [9.17, 15) is 0 Å². The molecule has 0 aromatic rings. The third kappa shape index (κ3) is 2.52. The third-order valence-corrected chi connectivity index (χ3v) is 0.805. The minimum absolute atomic E-state index is 0. The number of dihydropyridines is 1. The Balaban J connectivity index is 0.000000640. The number of nitrogens with two attached hydrogens (primary N) is 1. The van der Waals surface area contributed by atoms with Crippen LogP contribution in [-0.2, 0) is 19.5 Å². The van der Waals surface area contributed by atoms with Gasteiger partial charge in [-0.05, 0) is 12.3 Å². The van der Waals surface area contributed by atoms with Gasteiger partial charge in [-0.2, -0.15) is 0 Å². The van der Waals surface area contributed by atoms with Gasteiger partial charge in [-0.1, -0.05) is 0 Å². The van der Waals surface area contributed by atoms with Gasteiger partial charge < -0.3 is 17.2 Å². The van der Waals surface area contributed by atoms with Crippen molar-refractivity contribution in [3.05, 3.63) is 12.2 Å². The quantitative estimate of drug-likeness (QED) is 0.432. The van der Waals surface area contributed by atoms with E-state index in [2.05, 4.69) is 11.1 Å². The van der Waals surface area contributed by atoms with E-state index in [1.165, 1.54) is 0 Å². The summed E-state index contributed by atoms with van der Waals surface area (Å²) in [6.07, 6.45) is 4.93. The smallest absolute Gasteiger partial charge is 0.0988 e. The molecule has 51 valence electrons. The van der Waals surface area contributed by atoms with E-state index in [1.54, 1.807) is 6.08 Å². The second-order valence-corrected chi connectivity index (χ2v) is 1.50. The molecule has 0 spiro atoms. The summed E-state index contributed by atoms with van der Waals surface area (Å²) in [7, 11) is 0. The molecule has 0 amide bonds. The Kier molecular flexibility index (Phi) is 3.32. The van der Waals surface area contributed by atoms with Crippen LogP contribution in [0.25, 0.3) is 0 Å². The summed E-state index contributed by atoms with van der Waals surface area (Å²) in [5, 5.41) is 6.91. The zero-order valence-electron chi connectivity index (χ0n) is 4.64. The number of nitrogens with zero attached hydrogens (tertiary/aromatic N) is 1. The van der Waals surface area contributed by atoms with Gasteiger partial charge in [0, 0.05) is 19.5 Å². The van der Waals surface area contributed by atoms with E-state index < -0.39 is 0 Å². The maximum absolute atomic E-state index is 6.91. The summed E-state index contributed by atoms with van der Waals surface area (Å²) in [6, 6.07) is 0. The molecule has 9 heavy (non-hydrogen) atoms. The number of hydrogen-bond acceptors (Lipinski definition) is 2. The molecule has 0 saturated carbocycles. The van der Waals surface area contributed by atoms with Crippen molar-refractivity contribution in [3.63, 3.8) is 0 Å². The Labute approximate surface area is 66.3 Å². The van der Waals surface area contributed by atoms with E-state index in [4.69, 9.17) is 11.1 Å². The van der Waals surface area contributed by atoms with Crippen molar-refractivity contribution in [3.8, 4) is 0 Å². The second kappa shape index (κ2) is 3.51. The molecule has 0 unspecified atom stereocenters. The largest absolute Gasteiger partial charge is 0.430 e. The van der Waals surface area contributed by atoms with Crippen molar-refractivity contribution >= 4 is 11.7 Å².